The first-order valence-corrected chi connectivity index (χ1v) is 6.42. The monoisotopic (exact) mass is 213 g/mol. The summed E-state index contributed by atoms with van der Waals surface area (Å²) >= 11 is 0. The second-order valence-corrected chi connectivity index (χ2v) is 5.44. The summed E-state index contributed by atoms with van der Waals surface area (Å²) in [5.41, 5.74) is 0. The third-order valence-electron chi connectivity index (χ3n) is 4.07. The number of nitrogens with zero attached hydrogens (tertiary/aromatic N) is 1. The van der Waals surface area contributed by atoms with E-state index >= 15 is 0 Å². The van der Waals surface area contributed by atoms with Crippen LogP contribution in [0.1, 0.15) is 46.5 Å². The average Bonchev–Trinajstić information content (AvgIpc) is 2.22. The van der Waals surface area contributed by atoms with Crippen LogP contribution in [0.2, 0.25) is 0 Å². The minimum atomic E-state index is -0.0623. The Bertz CT molecular complexity index is 183. The van der Waals surface area contributed by atoms with Gasteiger partial charge in [0.05, 0.1) is 6.10 Å². The number of hydrogen-bond acceptors (Lipinski definition) is 2. The Morgan fingerprint density at radius 1 is 1.40 bits per heavy atom. The molecule has 0 aromatic carbocycles. The van der Waals surface area contributed by atoms with E-state index in [1.807, 2.05) is 0 Å². The predicted molar refractivity (Wildman–Crippen MR) is 64.9 cm³/mol. The summed E-state index contributed by atoms with van der Waals surface area (Å²) in [6.07, 6.45) is 4.52. The lowest BCUT2D eigenvalue weighted by Crippen LogP contribution is -2.40. The molecule has 0 aromatic rings. The fourth-order valence-electron chi connectivity index (χ4n) is 2.54. The molecule has 0 amide bonds. The highest BCUT2D eigenvalue weighted by atomic mass is 16.3. The first-order valence-electron chi connectivity index (χ1n) is 6.42. The number of aliphatic hydroxyl groups is 1. The summed E-state index contributed by atoms with van der Waals surface area (Å²) in [5, 5.41) is 9.96. The highest BCUT2D eigenvalue weighted by Crippen LogP contribution is 2.29. The molecular formula is C13H27NO. The zero-order valence-corrected chi connectivity index (χ0v) is 10.7. The van der Waals surface area contributed by atoms with Crippen LogP contribution in [0.15, 0.2) is 0 Å². The molecule has 0 saturated heterocycles. The summed E-state index contributed by atoms with van der Waals surface area (Å²) in [5.74, 6) is 1.29. The van der Waals surface area contributed by atoms with Crippen molar-refractivity contribution in [1.29, 1.82) is 0 Å². The molecule has 2 nitrogen and oxygen atoms in total. The number of aliphatic hydroxyl groups excluding tert-OH is 1. The summed E-state index contributed by atoms with van der Waals surface area (Å²) < 4.78 is 0. The molecule has 1 saturated carbocycles. The molecule has 4 atom stereocenters. The van der Waals surface area contributed by atoms with Crippen LogP contribution >= 0.6 is 0 Å². The first-order chi connectivity index (χ1) is 7.04. The van der Waals surface area contributed by atoms with E-state index < -0.39 is 0 Å². The van der Waals surface area contributed by atoms with E-state index in [-0.39, 0.29) is 6.10 Å². The molecule has 0 bridgehead atoms. The van der Waals surface area contributed by atoms with Crippen LogP contribution in [-0.2, 0) is 0 Å². The smallest absolute Gasteiger partial charge is 0.0580 e. The molecule has 1 aliphatic rings. The molecule has 15 heavy (non-hydrogen) atoms. The van der Waals surface area contributed by atoms with Gasteiger partial charge in [-0.15, -0.1) is 0 Å². The van der Waals surface area contributed by atoms with Gasteiger partial charge in [0.15, 0.2) is 0 Å². The molecule has 90 valence electrons. The maximum Gasteiger partial charge on any atom is 0.0580 e. The van der Waals surface area contributed by atoms with E-state index in [1.165, 1.54) is 19.3 Å². The Kier molecular flexibility index (Phi) is 5.07. The third-order valence-corrected chi connectivity index (χ3v) is 4.07. The largest absolute Gasteiger partial charge is 0.393 e. The molecular weight excluding hydrogens is 186 g/mol. The van der Waals surface area contributed by atoms with E-state index in [0.717, 1.165) is 18.9 Å². The van der Waals surface area contributed by atoms with Crippen molar-refractivity contribution in [3.05, 3.63) is 0 Å². The summed E-state index contributed by atoms with van der Waals surface area (Å²) in [4.78, 5) is 2.39. The van der Waals surface area contributed by atoms with Gasteiger partial charge in [0, 0.05) is 12.6 Å². The normalized spacial score (nSPS) is 34.4. The lowest BCUT2D eigenvalue weighted by atomic mass is 9.80. The van der Waals surface area contributed by atoms with E-state index in [4.69, 9.17) is 0 Å². The molecule has 0 heterocycles. The lowest BCUT2D eigenvalue weighted by Gasteiger charge is -2.36. The van der Waals surface area contributed by atoms with Crippen molar-refractivity contribution in [2.75, 3.05) is 13.6 Å². The third kappa shape index (κ3) is 3.76. The van der Waals surface area contributed by atoms with Gasteiger partial charge in [-0.2, -0.15) is 0 Å². The molecule has 1 rings (SSSR count). The molecule has 0 aliphatic heterocycles. The molecule has 1 aliphatic carbocycles. The van der Waals surface area contributed by atoms with Gasteiger partial charge in [-0.25, -0.2) is 0 Å². The maximum atomic E-state index is 9.96. The highest BCUT2D eigenvalue weighted by molar-refractivity contribution is 4.80. The van der Waals surface area contributed by atoms with Crippen LogP contribution < -0.4 is 0 Å². The minimum absolute atomic E-state index is 0.0623. The van der Waals surface area contributed by atoms with Crippen molar-refractivity contribution in [3.63, 3.8) is 0 Å². The van der Waals surface area contributed by atoms with Crippen molar-refractivity contribution < 1.29 is 5.11 Å². The van der Waals surface area contributed by atoms with Crippen LogP contribution in [0.4, 0.5) is 0 Å². The van der Waals surface area contributed by atoms with Gasteiger partial charge in [-0.1, -0.05) is 13.8 Å². The van der Waals surface area contributed by atoms with E-state index in [1.54, 1.807) is 0 Å². The second kappa shape index (κ2) is 5.86. The van der Waals surface area contributed by atoms with Crippen LogP contribution in [0, 0.1) is 11.8 Å². The zero-order valence-electron chi connectivity index (χ0n) is 10.7. The van der Waals surface area contributed by atoms with Crippen molar-refractivity contribution >= 4 is 0 Å². The molecule has 0 radical (unpaired) electrons. The lowest BCUT2D eigenvalue weighted by molar-refractivity contribution is 0.0288. The number of rotatable bonds is 4. The van der Waals surface area contributed by atoms with Crippen molar-refractivity contribution in [3.8, 4) is 0 Å². The molecule has 0 aromatic heterocycles. The van der Waals surface area contributed by atoms with Crippen LogP contribution in [-0.4, -0.2) is 35.7 Å². The summed E-state index contributed by atoms with van der Waals surface area (Å²) in [6.45, 7) is 7.85. The Balaban J connectivity index is 2.41. The van der Waals surface area contributed by atoms with Gasteiger partial charge in [-0.3, -0.25) is 0 Å². The highest BCUT2D eigenvalue weighted by Gasteiger charge is 2.28. The van der Waals surface area contributed by atoms with E-state index in [9.17, 15) is 5.11 Å². The average molecular weight is 213 g/mol. The zero-order chi connectivity index (χ0) is 11.4. The SMILES string of the molecule is CCC(C)N(C)CC1CC(C)CCC1O. The van der Waals surface area contributed by atoms with Gasteiger partial charge >= 0.3 is 0 Å². The fourth-order valence-corrected chi connectivity index (χ4v) is 2.54. The topological polar surface area (TPSA) is 23.5 Å². The number of hydrogen-bond donors (Lipinski definition) is 1. The molecule has 1 N–H and O–H groups in total. The summed E-state index contributed by atoms with van der Waals surface area (Å²) in [7, 11) is 2.18. The molecule has 4 unspecified atom stereocenters. The Hall–Kier alpha value is -0.0800. The van der Waals surface area contributed by atoms with E-state index in [2.05, 4.69) is 32.7 Å². The van der Waals surface area contributed by atoms with Crippen LogP contribution in [0.3, 0.4) is 0 Å². The van der Waals surface area contributed by atoms with Gasteiger partial charge in [0.2, 0.25) is 0 Å². The Morgan fingerprint density at radius 2 is 2.07 bits per heavy atom. The first kappa shape index (κ1) is 13.0. The van der Waals surface area contributed by atoms with Crippen molar-refractivity contribution in [2.45, 2.75) is 58.6 Å². The predicted octanol–water partition coefficient (Wildman–Crippen LogP) is 2.51. The fraction of sp³-hybridized carbons (Fsp3) is 1.00. The second-order valence-electron chi connectivity index (χ2n) is 5.44. The van der Waals surface area contributed by atoms with Gasteiger partial charge in [0.1, 0.15) is 0 Å². The standard InChI is InChI=1S/C13H27NO/c1-5-11(3)14(4)9-12-8-10(2)6-7-13(12)15/h10-13,15H,5-9H2,1-4H3. The molecule has 2 heteroatoms. The van der Waals surface area contributed by atoms with Gasteiger partial charge in [0.25, 0.3) is 0 Å². The van der Waals surface area contributed by atoms with Gasteiger partial charge < -0.3 is 10.0 Å². The van der Waals surface area contributed by atoms with Crippen molar-refractivity contribution in [1.82, 2.24) is 4.90 Å². The van der Waals surface area contributed by atoms with Crippen LogP contribution in [0.5, 0.6) is 0 Å². The minimum Gasteiger partial charge on any atom is -0.393 e. The van der Waals surface area contributed by atoms with Crippen LogP contribution in [0.25, 0.3) is 0 Å². The quantitative estimate of drug-likeness (QED) is 0.775. The Labute approximate surface area is 94.7 Å². The van der Waals surface area contributed by atoms with E-state index in [0.29, 0.717) is 12.0 Å². The van der Waals surface area contributed by atoms with Crippen molar-refractivity contribution in [2.24, 2.45) is 11.8 Å². The maximum absolute atomic E-state index is 9.96. The molecule has 1 fully saturated rings. The summed E-state index contributed by atoms with van der Waals surface area (Å²) in [6, 6.07) is 0.634. The van der Waals surface area contributed by atoms with Gasteiger partial charge in [-0.05, 0) is 51.5 Å². The Morgan fingerprint density at radius 3 is 2.67 bits per heavy atom. The molecule has 0 spiro atoms.